The number of rotatable bonds is 9. The van der Waals surface area contributed by atoms with Crippen LogP contribution in [-0.4, -0.2) is 9.55 Å². The average Bonchev–Trinajstić information content (AvgIpc) is 3.92. The van der Waals surface area contributed by atoms with Crippen molar-refractivity contribution < 1.29 is 25.8 Å². The first kappa shape index (κ1) is 52.4. The Bertz CT molecular complexity index is 3260. The van der Waals surface area contributed by atoms with Gasteiger partial charge in [-0.3, -0.25) is 0 Å². The fourth-order valence-corrected chi connectivity index (χ4v) is 9.78. The molecule has 0 amide bonds. The van der Waals surface area contributed by atoms with Gasteiger partial charge in [0.15, 0.2) is 0 Å². The smallest absolute Gasteiger partial charge is 0.135 e. The maximum absolute atomic E-state index is 7.00. The molecule has 5 nitrogen and oxygen atoms in total. The maximum atomic E-state index is 7.00. The minimum Gasteiger partial charge on any atom is -0.509 e. The third kappa shape index (κ3) is 10.2. The zero-order chi connectivity index (χ0) is 51.1. The van der Waals surface area contributed by atoms with E-state index in [0.29, 0.717) is 11.5 Å². The van der Waals surface area contributed by atoms with Crippen molar-refractivity contribution in [3.63, 3.8) is 0 Å². The summed E-state index contributed by atoms with van der Waals surface area (Å²) < 4.78 is 9.26. The molecular formula is C66H73N4OPt-3. The number of anilines is 2. The first-order chi connectivity index (χ1) is 33.2. The molecule has 1 aliphatic heterocycles. The van der Waals surface area contributed by atoms with Crippen molar-refractivity contribution in [3.05, 3.63) is 209 Å². The Morgan fingerprint density at radius 3 is 1.58 bits per heavy atom. The van der Waals surface area contributed by atoms with Gasteiger partial charge in [-0.05, 0) is 91.5 Å². The number of hydrogen-bond acceptors (Lipinski definition) is 4. The van der Waals surface area contributed by atoms with Gasteiger partial charge >= 0.3 is 0 Å². The molecule has 376 valence electrons. The van der Waals surface area contributed by atoms with Crippen LogP contribution < -0.4 is 14.5 Å². The molecule has 0 unspecified atom stereocenters. The number of benzene rings is 6. The summed E-state index contributed by atoms with van der Waals surface area (Å²) in [5.74, 6) is 2.07. The van der Waals surface area contributed by atoms with Gasteiger partial charge in [0.2, 0.25) is 0 Å². The van der Waals surface area contributed by atoms with Gasteiger partial charge in [-0.1, -0.05) is 195 Å². The van der Waals surface area contributed by atoms with E-state index in [9.17, 15) is 0 Å². The van der Waals surface area contributed by atoms with E-state index in [1.165, 1.54) is 39.1 Å². The Balaban J connectivity index is 0.00000693. The van der Waals surface area contributed by atoms with Crippen molar-refractivity contribution >= 4 is 33.2 Å². The predicted molar refractivity (Wildman–Crippen MR) is 299 cm³/mol. The number of pyridine rings is 1. The summed E-state index contributed by atoms with van der Waals surface area (Å²) in [5, 5.41) is 2.22. The van der Waals surface area contributed by atoms with Crippen LogP contribution in [0.25, 0.3) is 27.6 Å². The Morgan fingerprint density at radius 1 is 0.472 bits per heavy atom. The van der Waals surface area contributed by atoms with Gasteiger partial charge < -0.3 is 19.1 Å². The van der Waals surface area contributed by atoms with Crippen LogP contribution in [0.15, 0.2) is 152 Å². The fraction of sp³-hybridized carbons (Fsp3) is 0.333. The van der Waals surface area contributed by atoms with Crippen molar-refractivity contribution in [3.8, 4) is 17.3 Å². The fourth-order valence-electron chi connectivity index (χ4n) is 9.78. The van der Waals surface area contributed by atoms with Crippen molar-refractivity contribution in [2.75, 3.05) is 9.80 Å². The molecule has 0 aliphatic carbocycles. The Morgan fingerprint density at radius 2 is 1.03 bits per heavy atom. The molecule has 2 aromatic heterocycles. The first-order valence-electron chi connectivity index (χ1n) is 25.4. The Kier molecular flexibility index (Phi) is 13.7. The first-order valence-corrected chi connectivity index (χ1v) is 25.4. The average molecular weight is 1130 g/mol. The normalized spacial score (nSPS) is 14.0. The van der Waals surface area contributed by atoms with Gasteiger partial charge in [-0.25, -0.2) is 4.98 Å². The van der Waals surface area contributed by atoms with Crippen LogP contribution in [0.2, 0.25) is 0 Å². The zero-order valence-corrected chi connectivity index (χ0v) is 47.7. The molecule has 0 bridgehead atoms. The van der Waals surface area contributed by atoms with E-state index in [0.717, 1.165) is 44.6 Å². The standard InChI is InChI=1S/C66H73N4O.Pt/c1-61(2,3)48-33-49(62(4,5)6)35-51(34-48)68-42-59(64(10,11)12)69(43-68)52-36-50(63(7,8)9)37-54(40-52)71-53-28-29-55-56-38-46(65(13,14)44-23-19-17-20-24-44)27-30-57(56)70(58(55)41-53)60-39-47(31-32-67-60)66(15,16)45-25-21-18-22-26-45;/h17-39,42-43H,1-16H3;/q-3;. The van der Waals surface area contributed by atoms with E-state index in [1.807, 2.05) is 6.20 Å². The van der Waals surface area contributed by atoms with Gasteiger partial charge in [-0.15, -0.1) is 53.6 Å². The largest absolute Gasteiger partial charge is 0.509 e. The second-order valence-corrected chi connectivity index (χ2v) is 24.9. The molecule has 0 saturated carbocycles. The van der Waals surface area contributed by atoms with Crippen LogP contribution in [0.5, 0.6) is 11.5 Å². The van der Waals surface area contributed by atoms with Gasteiger partial charge in [0.1, 0.15) is 5.82 Å². The maximum Gasteiger partial charge on any atom is 0.135 e. The van der Waals surface area contributed by atoms with Crippen LogP contribution in [0.1, 0.15) is 150 Å². The SMILES string of the molecule is CC(C)(C)C1=CN(c2cc(C(C)(C)C)cc(C(C)(C)C)c2)[CH-]N1c1[c-]c(Oc2[c-]c3c(cc2)c2cc(C(C)(C)c4ccccc4)ccc2n3-c2cc(C(C)(C)c3ccccc3)ccn2)cc(C(C)(C)C)c1.[Pt]. The number of aromatic nitrogens is 2. The molecule has 0 N–H and O–H groups in total. The van der Waals surface area contributed by atoms with E-state index in [1.54, 1.807) is 0 Å². The summed E-state index contributed by atoms with van der Waals surface area (Å²) in [7, 11) is 0. The van der Waals surface area contributed by atoms with Gasteiger partial charge in [0.25, 0.3) is 0 Å². The van der Waals surface area contributed by atoms with Crippen molar-refractivity contribution in [1.82, 2.24) is 9.55 Å². The molecule has 1 aliphatic rings. The van der Waals surface area contributed by atoms with Crippen molar-refractivity contribution in [2.24, 2.45) is 5.41 Å². The van der Waals surface area contributed by atoms with Crippen LogP contribution in [-0.2, 0) is 48.1 Å². The molecule has 6 aromatic carbocycles. The Labute approximate surface area is 445 Å². The molecule has 0 fully saturated rings. The third-order valence-corrected chi connectivity index (χ3v) is 14.7. The van der Waals surface area contributed by atoms with Crippen LogP contribution in [0.4, 0.5) is 11.4 Å². The number of nitrogens with zero attached hydrogens (tertiary/aromatic N) is 4. The van der Waals surface area contributed by atoms with E-state index in [4.69, 9.17) is 9.72 Å². The minimum absolute atomic E-state index is 0. The van der Waals surface area contributed by atoms with E-state index in [2.05, 4.69) is 284 Å². The number of allylic oxidation sites excluding steroid dienone is 1. The predicted octanol–water partition coefficient (Wildman–Crippen LogP) is 17.4. The molecule has 9 rings (SSSR count). The van der Waals surface area contributed by atoms with Gasteiger partial charge in [-0.2, -0.15) is 6.07 Å². The second kappa shape index (κ2) is 18.9. The summed E-state index contributed by atoms with van der Waals surface area (Å²) in [4.78, 5) is 9.68. The van der Waals surface area contributed by atoms with E-state index in [-0.39, 0.29) is 53.6 Å². The van der Waals surface area contributed by atoms with E-state index >= 15 is 0 Å². The van der Waals surface area contributed by atoms with Crippen LogP contribution >= 0.6 is 0 Å². The molecular weight excluding hydrogens is 1060 g/mol. The van der Waals surface area contributed by atoms with Gasteiger partial charge in [0, 0.05) is 71.9 Å². The topological polar surface area (TPSA) is 33.5 Å². The third-order valence-electron chi connectivity index (χ3n) is 14.7. The molecule has 0 radical (unpaired) electrons. The van der Waals surface area contributed by atoms with Gasteiger partial charge in [0.05, 0.1) is 0 Å². The second-order valence-electron chi connectivity index (χ2n) is 24.9. The van der Waals surface area contributed by atoms with E-state index < -0.39 is 0 Å². The van der Waals surface area contributed by atoms with Crippen molar-refractivity contribution in [2.45, 2.75) is 138 Å². The molecule has 6 heteroatoms. The summed E-state index contributed by atoms with van der Waals surface area (Å²) in [6.45, 7) is 38.8. The van der Waals surface area contributed by atoms with Crippen molar-refractivity contribution in [1.29, 1.82) is 0 Å². The summed E-state index contributed by atoms with van der Waals surface area (Å²) in [6.07, 6.45) is 4.24. The number of fused-ring (bicyclic) bond motifs is 3. The summed E-state index contributed by atoms with van der Waals surface area (Å²) >= 11 is 0. The minimum atomic E-state index is -0.258. The number of hydrogen-bond donors (Lipinski definition) is 0. The monoisotopic (exact) mass is 1130 g/mol. The van der Waals surface area contributed by atoms with Crippen LogP contribution in [0.3, 0.4) is 0 Å². The molecule has 0 spiro atoms. The zero-order valence-electron chi connectivity index (χ0n) is 45.4. The molecule has 3 heterocycles. The number of ether oxygens (including phenoxy) is 1. The summed E-state index contributed by atoms with van der Waals surface area (Å²) in [5.41, 5.74) is 13.0. The molecule has 8 aromatic rings. The quantitative estimate of drug-likeness (QED) is 0.135. The summed E-state index contributed by atoms with van der Waals surface area (Å²) in [6, 6.07) is 56.0. The molecule has 72 heavy (non-hydrogen) atoms. The molecule has 0 saturated heterocycles. The molecule has 0 atom stereocenters. The van der Waals surface area contributed by atoms with Crippen LogP contribution in [0, 0.1) is 24.2 Å². The Hall–Kier alpha value is -5.90.